The molecule has 0 saturated carbocycles. The highest BCUT2D eigenvalue weighted by Gasteiger charge is 2.53. The first-order chi connectivity index (χ1) is 11.3. The van der Waals surface area contributed by atoms with Crippen molar-refractivity contribution in [2.24, 2.45) is 0 Å². The molecule has 0 aromatic heterocycles. The van der Waals surface area contributed by atoms with Gasteiger partial charge in [0, 0.05) is 0 Å². The Balaban J connectivity index is 2.42. The van der Waals surface area contributed by atoms with Crippen molar-refractivity contribution in [1.29, 1.82) is 0 Å². The predicted molar refractivity (Wildman–Crippen MR) is 84.6 cm³/mol. The zero-order valence-corrected chi connectivity index (χ0v) is 13.3. The van der Waals surface area contributed by atoms with Crippen LogP contribution in [0.1, 0.15) is 0 Å². The Morgan fingerprint density at radius 1 is 0.958 bits per heavy atom. The number of benzene rings is 2. The van der Waals surface area contributed by atoms with Gasteiger partial charge in [-0.2, -0.15) is 0 Å². The molecule has 128 valence electrons. The maximum atomic E-state index is 12.1. The lowest BCUT2D eigenvalue weighted by molar-refractivity contribution is -0.140. The molecule has 8 nitrogen and oxygen atoms in total. The van der Waals surface area contributed by atoms with Gasteiger partial charge in [0.15, 0.2) is 0 Å². The second kappa shape index (κ2) is 7.46. The van der Waals surface area contributed by atoms with Crippen molar-refractivity contribution in [1.82, 2.24) is 5.32 Å². The number of rotatable bonds is 8. The smallest absolute Gasteiger partial charge is 0.428 e. The summed E-state index contributed by atoms with van der Waals surface area (Å²) in [5.41, 5.74) is -2.69. The van der Waals surface area contributed by atoms with Crippen LogP contribution in [0.5, 0.6) is 11.5 Å². The predicted octanol–water partition coefficient (Wildman–Crippen LogP) is 1.61. The second-order valence-corrected chi connectivity index (χ2v) is 6.38. The Hall–Kier alpha value is -2.38. The Morgan fingerprint density at radius 3 is 1.71 bits per heavy atom. The third-order valence-corrected chi connectivity index (χ3v) is 3.95. The molecule has 4 N–H and O–H groups in total. The van der Waals surface area contributed by atoms with Crippen LogP contribution < -0.4 is 14.8 Å². The van der Waals surface area contributed by atoms with E-state index in [0.29, 0.717) is 0 Å². The molecule has 0 amide bonds. The first kappa shape index (κ1) is 18.0. The van der Waals surface area contributed by atoms with Crippen LogP contribution in [0, 0.1) is 0 Å². The fourth-order valence-electron chi connectivity index (χ4n) is 1.80. The fourth-order valence-corrected chi connectivity index (χ4v) is 2.53. The molecule has 24 heavy (non-hydrogen) atoms. The van der Waals surface area contributed by atoms with Crippen molar-refractivity contribution in [3.05, 3.63) is 60.7 Å². The minimum absolute atomic E-state index is 0.0923. The standard InChI is InChI=1S/C15H16NO7P/c17-14(18)11-16-15(24(19,20)21,22-12-7-3-1-4-8-12)23-13-9-5-2-6-10-13/h1-10,16H,11H2,(H,17,18)(H2,19,20,21). The SMILES string of the molecule is O=C(O)CNC(Oc1ccccc1)(Oc1ccccc1)P(=O)(O)O. The molecule has 0 atom stereocenters. The van der Waals surface area contributed by atoms with Crippen LogP contribution in [-0.2, 0) is 9.36 Å². The Morgan fingerprint density at radius 2 is 1.38 bits per heavy atom. The molecule has 0 heterocycles. The summed E-state index contributed by atoms with van der Waals surface area (Å²) in [5, 5.41) is 11.0. The third kappa shape index (κ3) is 4.56. The Kier molecular flexibility index (Phi) is 5.58. The van der Waals surface area contributed by atoms with Crippen LogP contribution in [0.2, 0.25) is 0 Å². The minimum atomic E-state index is -5.11. The first-order valence-electron chi connectivity index (χ1n) is 6.83. The zero-order chi connectivity index (χ0) is 17.6. The molecule has 0 aliphatic heterocycles. The quantitative estimate of drug-likeness (QED) is 0.417. The summed E-state index contributed by atoms with van der Waals surface area (Å²) < 4.78 is 22.8. The zero-order valence-electron chi connectivity index (χ0n) is 12.4. The fraction of sp³-hybridized carbons (Fsp3) is 0.133. The van der Waals surface area contributed by atoms with Crippen LogP contribution >= 0.6 is 7.60 Å². The summed E-state index contributed by atoms with van der Waals surface area (Å²) in [6, 6.07) is 15.6. The van der Waals surface area contributed by atoms with Crippen molar-refractivity contribution >= 4 is 13.6 Å². The molecule has 0 saturated heterocycles. The van der Waals surface area contributed by atoms with E-state index >= 15 is 0 Å². The average molecular weight is 353 g/mol. The molecule has 0 aliphatic carbocycles. The summed E-state index contributed by atoms with van der Waals surface area (Å²) in [4.78, 5) is 30.4. The van der Waals surface area contributed by atoms with Gasteiger partial charge in [-0.15, -0.1) is 0 Å². The van der Waals surface area contributed by atoms with Crippen molar-refractivity contribution in [2.45, 2.75) is 5.65 Å². The monoisotopic (exact) mass is 353 g/mol. The highest BCUT2D eigenvalue weighted by Crippen LogP contribution is 2.50. The third-order valence-electron chi connectivity index (χ3n) is 2.85. The van der Waals surface area contributed by atoms with E-state index in [-0.39, 0.29) is 11.5 Å². The molecule has 2 aromatic carbocycles. The van der Waals surface area contributed by atoms with Gasteiger partial charge in [-0.3, -0.25) is 4.79 Å². The van der Waals surface area contributed by atoms with E-state index in [1.807, 2.05) is 0 Å². The minimum Gasteiger partial charge on any atom is -0.480 e. The Bertz CT molecular complexity index is 676. The summed E-state index contributed by atoms with van der Waals surface area (Å²) >= 11 is 0. The van der Waals surface area contributed by atoms with Gasteiger partial charge < -0.3 is 24.4 Å². The van der Waals surface area contributed by atoms with Gasteiger partial charge in [-0.05, 0) is 24.3 Å². The lowest BCUT2D eigenvalue weighted by Crippen LogP contribution is -2.56. The van der Waals surface area contributed by atoms with Crippen LogP contribution in [0.25, 0.3) is 0 Å². The van der Waals surface area contributed by atoms with Crippen molar-refractivity contribution < 1.29 is 33.7 Å². The first-order valence-corrected chi connectivity index (χ1v) is 8.44. The van der Waals surface area contributed by atoms with Crippen LogP contribution in [-0.4, -0.2) is 33.1 Å². The van der Waals surface area contributed by atoms with Gasteiger partial charge in [0.05, 0.1) is 0 Å². The van der Waals surface area contributed by atoms with Gasteiger partial charge in [0.1, 0.15) is 18.0 Å². The lowest BCUT2D eigenvalue weighted by Gasteiger charge is -2.34. The number of carboxylic acids is 1. The molecule has 2 rings (SSSR count). The molecule has 9 heteroatoms. The van der Waals surface area contributed by atoms with E-state index < -0.39 is 25.8 Å². The maximum absolute atomic E-state index is 12.1. The average Bonchev–Trinajstić information content (AvgIpc) is 2.53. The number of carboxylic acid groups (broad SMARTS) is 1. The van der Waals surface area contributed by atoms with E-state index in [1.54, 1.807) is 36.4 Å². The molecule has 0 bridgehead atoms. The van der Waals surface area contributed by atoms with Gasteiger partial charge in [0.2, 0.25) is 0 Å². The topological polar surface area (TPSA) is 125 Å². The highest BCUT2D eigenvalue weighted by atomic mass is 31.2. The normalized spacial score (nSPS) is 11.8. The summed E-state index contributed by atoms with van der Waals surface area (Å²) in [7, 11) is -5.11. The molecule has 0 spiro atoms. The number of ether oxygens (including phenoxy) is 2. The molecular formula is C15H16NO7P. The lowest BCUT2D eigenvalue weighted by atomic mass is 10.3. The highest BCUT2D eigenvalue weighted by molar-refractivity contribution is 7.53. The van der Waals surface area contributed by atoms with E-state index in [2.05, 4.69) is 5.32 Å². The summed E-state index contributed by atoms with van der Waals surface area (Å²) in [5.74, 6) is -1.15. The van der Waals surface area contributed by atoms with Gasteiger partial charge >= 0.3 is 19.2 Å². The van der Waals surface area contributed by atoms with E-state index in [1.165, 1.54) is 24.3 Å². The van der Waals surface area contributed by atoms with Gasteiger partial charge in [-0.1, -0.05) is 36.4 Å². The number of para-hydroxylation sites is 2. The summed E-state index contributed by atoms with van der Waals surface area (Å²) in [6.07, 6.45) is 0. The van der Waals surface area contributed by atoms with Crippen molar-refractivity contribution in [3.8, 4) is 11.5 Å². The molecule has 0 radical (unpaired) electrons. The van der Waals surface area contributed by atoms with E-state index in [4.69, 9.17) is 14.6 Å². The van der Waals surface area contributed by atoms with Crippen molar-refractivity contribution in [2.75, 3.05) is 6.54 Å². The maximum Gasteiger partial charge on any atom is 0.428 e. The van der Waals surface area contributed by atoms with Gasteiger partial charge in [-0.25, -0.2) is 9.88 Å². The number of hydrogen-bond acceptors (Lipinski definition) is 5. The molecular weight excluding hydrogens is 337 g/mol. The molecule has 0 unspecified atom stereocenters. The number of nitrogens with one attached hydrogen (secondary N) is 1. The van der Waals surface area contributed by atoms with Crippen LogP contribution in [0.15, 0.2) is 60.7 Å². The molecule has 2 aromatic rings. The van der Waals surface area contributed by atoms with Crippen molar-refractivity contribution in [3.63, 3.8) is 0 Å². The Labute approximate surface area is 137 Å². The second-order valence-electron chi connectivity index (χ2n) is 4.70. The van der Waals surface area contributed by atoms with Crippen LogP contribution in [0.3, 0.4) is 0 Å². The number of carbonyl (C=O) groups is 1. The van der Waals surface area contributed by atoms with Gasteiger partial charge in [0.25, 0.3) is 0 Å². The largest absolute Gasteiger partial charge is 0.480 e. The van der Waals surface area contributed by atoms with E-state index in [0.717, 1.165) is 0 Å². The molecule has 0 fully saturated rings. The molecule has 0 aliphatic rings. The summed E-state index contributed by atoms with van der Waals surface area (Å²) in [6.45, 7) is -0.787. The number of aliphatic carboxylic acids is 1. The number of hydrogen-bond donors (Lipinski definition) is 4. The van der Waals surface area contributed by atoms with Crippen LogP contribution in [0.4, 0.5) is 0 Å². The van der Waals surface area contributed by atoms with E-state index in [9.17, 15) is 19.1 Å².